The molecule has 1 unspecified atom stereocenters. The standard InChI is InChI=1S/C43H22N2O2S/c1-45-30-8-6-7-27(21-30)28-17-19-35-33(22-28)31-9-2-4-11-34(31)43(35)41-39(32-10-3-5-12-36(32)46-41)40-42(43)47-37-23-29(18-20-38(37)48-40)26-15-13-25(24-44)14-16-26/h2-23H. The summed E-state index contributed by atoms with van der Waals surface area (Å²) in [6.45, 7) is 7.54. The Hall–Kier alpha value is -6.27. The molecule has 0 saturated carbocycles. The molecule has 222 valence electrons. The maximum absolute atomic E-state index is 9.31. The number of nitrogens with zero attached hydrogens (tertiary/aromatic N) is 2. The van der Waals surface area contributed by atoms with Gasteiger partial charge in [-0.15, -0.1) is 0 Å². The minimum absolute atomic E-state index is 0.619. The molecule has 0 bridgehead atoms. The first-order valence-electron chi connectivity index (χ1n) is 15.7. The third-order valence-corrected chi connectivity index (χ3v) is 10.9. The molecule has 10 rings (SSSR count). The van der Waals surface area contributed by atoms with E-state index >= 15 is 0 Å². The van der Waals surface area contributed by atoms with E-state index in [-0.39, 0.29) is 0 Å². The molecule has 1 aromatic heterocycles. The van der Waals surface area contributed by atoms with Crippen LogP contribution in [0.3, 0.4) is 0 Å². The molecule has 0 fully saturated rings. The van der Waals surface area contributed by atoms with E-state index in [4.69, 9.17) is 15.7 Å². The lowest BCUT2D eigenvalue weighted by molar-refractivity contribution is 0.343. The molecule has 1 atom stereocenters. The number of furan rings is 1. The van der Waals surface area contributed by atoms with Crippen LogP contribution in [0.5, 0.6) is 5.75 Å². The molecular formula is C43H22N2O2S. The molecule has 3 aliphatic rings. The van der Waals surface area contributed by atoms with Crippen LogP contribution in [0.2, 0.25) is 0 Å². The van der Waals surface area contributed by atoms with E-state index in [0.29, 0.717) is 11.3 Å². The zero-order chi connectivity index (χ0) is 32.0. The molecular weight excluding hydrogens is 609 g/mol. The van der Waals surface area contributed by atoms with Gasteiger partial charge in [-0.1, -0.05) is 103 Å². The van der Waals surface area contributed by atoms with E-state index in [9.17, 15) is 5.26 Å². The van der Waals surface area contributed by atoms with Crippen LogP contribution in [-0.2, 0) is 5.41 Å². The van der Waals surface area contributed by atoms with Gasteiger partial charge in [0.2, 0.25) is 0 Å². The highest BCUT2D eigenvalue weighted by Crippen LogP contribution is 2.67. The van der Waals surface area contributed by atoms with Crippen molar-refractivity contribution >= 4 is 33.3 Å². The maximum Gasteiger partial charge on any atom is 0.187 e. The van der Waals surface area contributed by atoms with Gasteiger partial charge in [-0.05, 0) is 87.0 Å². The van der Waals surface area contributed by atoms with Gasteiger partial charge in [0.05, 0.1) is 28.0 Å². The fourth-order valence-electron chi connectivity index (χ4n) is 7.66. The largest absolute Gasteiger partial charge is 0.459 e. The van der Waals surface area contributed by atoms with Crippen molar-refractivity contribution < 1.29 is 9.15 Å². The van der Waals surface area contributed by atoms with Crippen molar-refractivity contribution in [3.63, 3.8) is 0 Å². The average molecular weight is 631 g/mol. The van der Waals surface area contributed by atoms with Crippen LogP contribution in [0.1, 0.15) is 28.0 Å². The van der Waals surface area contributed by atoms with Crippen LogP contribution in [0.25, 0.3) is 54.1 Å². The molecule has 0 amide bonds. The van der Waals surface area contributed by atoms with E-state index < -0.39 is 5.41 Å². The molecule has 1 spiro atoms. The number of thioether (sulfide) groups is 1. The molecule has 4 nitrogen and oxygen atoms in total. The highest BCUT2D eigenvalue weighted by atomic mass is 32.2. The van der Waals surface area contributed by atoms with Gasteiger partial charge >= 0.3 is 0 Å². The molecule has 6 aromatic carbocycles. The third-order valence-electron chi connectivity index (χ3n) is 9.78. The Labute approximate surface area is 281 Å². The number of rotatable bonds is 2. The average Bonchev–Trinajstić information content (AvgIpc) is 3.77. The lowest BCUT2D eigenvalue weighted by Gasteiger charge is -2.32. The second-order valence-corrected chi connectivity index (χ2v) is 13.3. The van der Waals surface area contributed by atoms with Crippen LogP contribution in [0, 0.1) is 17.9 Å². The topological polar surface area (TPSA) is 50.5 Å². The maximum atomic E-state index is 9.31. The monoisotopic (exact) mass is 630 g/mol. The summed E-state index contributed by atoms with van der Waals surface area (Å²) in [6.07, 6.45) is 0. The fraction of sp³-hybridized carbons (Fsp3) is 0.0233. The Bertz CT molecular complexity index is 2650. The second kappa shape index (κ2) is 9.86. The number of hydrogen-bond acceptors (Lipinski definition) is 4. The van der Waals surface area contributed by atoms with Crippen LogP contribution in [-0.4, -0.2) is 0 Å². The third kappa shape index (κ3) is 3.54. The lowest BCUT2D eigenvalue weighted by atomic mass is 9.76. The summed E-state index contributed by atoms with van der Waals surface area (Å²) in [5.74, 6) is 2.55. The van der Waals surface area contributed by atoms with Crippen LogP contribution >= 0.6 is 11.8 Å². The Morgan fingerprint density at radius 2 is 1.44 bits per heavy atom. The molecule has 0 radical (unpaired) electrons. The van der Waals surface area contributed by atoms with E-state index in [0.717, 1.165) is 88.1 Å². The summed E-state index contributed by atoms with van der Waals surface area (Å²) < 4.78 is 14.1. The molecule has 2 heterocycles. The first-order chi connectivity index (χ1) is 23.7. The predicted molar refractivity (Wildman–Crippen MR) is 190 cm³/mol. The van der Waals surface area contributed by atoms with Gasteiger partial charge in [-0.3, -0.25) is 0 Å². The smallest absolute Gasteiger partial charge is 0.187 e. The van der Waals surface area contributed by atoms with E-state index in [1.54, 1.807) is 11.8 Å². The molecule has 7 aromatic rings. The quantitative estimate of drug-likeness (QED) is 0.178. The van der Waals surface area contributed by atoms with Crippen molar-refractivity contribution in [2.45, 2.75) is 10.3 Å². The molecule has 0 N–H and O–H groups in total. The molecule has 48 heavy (non-hydrogen) atoms. The summed E-state index contributed by atoms with van der Waals surface area (Å²) >= 11 is 1.74. The predicted octanol–water partition coefficient (Wildman–Crippen LogP) is 11.4. The summed E-state index contributed by atoms with van der Waals surface area (Å²) in [7, 11) is 0. The second-order valence-electron chi connectivity index (χ2n) is 12.2. The minimum Gasteiger partial charge on any atom is -0.459 e. The number of allylic oxidation sites excluding steroid dienone is 1. The number of para-hydroxylation sites is 1. The Kier molecular flexibility index (Phi) is 5.53. The van der Waals surface area contributed by atoms with E-state index in [2.05, 4.69) is 89.8 Å². The number of hydrogen-bond donors (Lipinski definition) is 0. The van der Waals surface area contributed by atoms with Gasteiger partial charge in [-0.25, -0.2) is 4.85 Å². The normalized spacial score (nSPS) is 16.4. The first-order valence-corrected chi connectivity index (χ1v) is 16.5. The van der Waals surface area contributed by atoms with Crippen molar-refractivity contribution in [1.29, 1.82) is 5.26 Å². The molecule has 5 heteroatoms. The van der Waals surface area contributed by atoms with Gasteiger partial charge in [0.15, 0.2) is 5.69 Å². The van der Waals surface area contributed by atoms with Gasteiger partial charge in [0.1, 0.15) is 28.3 Å². The summed E-state index contributed by atoms with van der Waals surface area (Å²) in [6, 6.07) is 47.5. The minimum atomic E-state index is -0.790. The van der Waals surface area contributed by atoms with E-state index in [1.807, 2.05) is 54.6 Å². The van der Waals surface area contributed by atoms with Crippen LogP contribution in [0.4, 0.5) is 5.69 Å². The fourth-order valence-corrected chi connectivity index (χ4v) is 8.81. The van der Waals surface area contributed by atoms with Gasteiger partial charge in [-0.2, -0.15) is 5.26 Å². The van der Waals surface area contributed by atoms with Gasteiger partial charge in [0, 0.05) is 10.9 Å². The number of ether oxygens (including phenoxy) is 1. The number of benzene rings is 6. The first kappa shape index (κ1) is 26.9. The summed E-state index contributed by atoms with van der Waals surface area (Å²) in [5.41, 5.74) is 11.0. The SMILES string of the molecule is [C-]#[N+]c1cccc(-c2ccc3c(c2)-c2ccccc2C32C3=C(Sc4ccc(-c5ccc(C#N)cc5)cc4O3)c3c2oc2ccccc32)c1. The summed E-state index contributed by atoms with van der Waals surface area (Å²) in [5, 5.41) is 10.4. The molecule has 0 saturated heterocycles. The Morgan fingerprint density at radius 3 is 2.31 bits per heavy atom. The lowest BCUT2D eigenvalue weighted by Crippen LogP contribution is -2.30. The van der Waals surface area contributed by atoms with Crippen molar-refractivity contribution in [3.8, 4) is 45.2 Å². The number of nitriles is 1. The van der Waals surface area contributed by atoms with Crippen molar-refractivity contribution in [1.82, 2.24) is 0 Å². The van der Waals surface area contributed by atoms with Gasteiger partial charge < -0.3 is 9.15 Å². The zero-order valence-electron chi connectivity index (χ0n) is 25.3. The molecule has 1 aliphatic heterocycles. The van der Waals surface area contributed by atoms with Crippen LogP contribution < -0.4 is 4.74 Å². The van der Waals surface area contributed by atoms with Gasteiger partial charge in [0.25, 0.3) is 0 Å². The van der Waals surface area contributed by atoms with Crippen molar-refractivity contribution in [2.75, 3.05) is 0 Å². The zero-order valence-corrected chi connectivity index (χ0v) is 26.1. The number of fused-ring (bicyclic) bond motifs is 12. The van der Waals surface area contributed by atoms with Crippen molar-refractivity contribution in [3.05, 3.63) is 179 Å². The Morgan fingerprint density at radius 1 is 0.688 bits per heavy atom. The highest BCUT2D eigenvalue weighted by molar-refractivity contribution is 8.08. The van der Waals surface area contributed by atoms with Crippen LogP contribution in [0.15, 0.2) is 149 Å². The molecule has 2 aliphatic carbocycles. The summed E-state index contributed by atoms with van der Waals surface area (Å²) in [4.78, 5) is 5.78. The highest BCUT2D eigenvalue weighted by Gasteiger charge is 2.59. The Balaban J connectivity index is 1.21. The van der Waals surface area contributed by atoms with E-state index in [1.165, 1.54) is 0 Å². The van der Waals surface area contributed by atoms with Crippen molar-refractivity contribution in [2.24, 2.45) is 0 Å².